The summed E-state index contributed by atoms with van der Waals surface area (Å²) in [7, 11) is -2.42. The van der Waals surface area contributed by atoms with Gasteiger partial charge in [0.1, 0.15) is 5.75 Å². The zero-order valence-corrected chi connectivity index (χ0v) is 27.0. The minimum Gasteiger partial charge on any atom is -0.405 e. The standard InChI is InChI=1S/C31H40B3F3O7/c1-19-11-13-20(14-12-19)22-16-15-21(17-23(22)38-31(35,36)37)32-39-26(4,5)29(9,43-32)24-18-28(8)25(2,3)40-33(42-28)34-41-27(6,7)30(24,10)44-34/h11-17,24H,18H2,1-10H3. The maximum absolute atomic E-state index is 13.6. The summed E-state index contributed by atoms with van der Waals surface area (Å²) in [5.74, 6) is -0.691. The van der Waals surface area contributed by atoms with Gasteiger partial charge in [0.05, 0.1) is 33.6 Å². The van der Waals surface area contributed by atoms with Crippen molar-refractivity contribution in [3.63, 3.8) is 0 Å². The smallest absolute Gasteiger partial charge is 0.405 e. The number of rotatable bonds is 4. The molecule has 0 saturated carbocycles. The number of hydrogen-bond donors (Lipinski definition) is 0. The van der Waals surface area contributed by atoms with Crippen LogP contribution >= 0.6 is 0 Å². The van der Waals surface area contributed by atoms with Crippen molar-refractivity contribution >= 4 is 26.6 Å². The van der Waals surface area contributed by atoms with Gasteiger partial charge in [0.2, 0.25) is 0 Å². The van der Waals surface area contributed by atoms with Crippen LogP contribution in [0.2, 0.25) is 0 Å². The number of benzene rings is 2. The van der Waals surface area contributed by atoms with Crippen LogP contribution in [0, 0.1) is 12.8 Å². The fraction of sp³-hybridized carbons (Fsp3) is 0.613. The quantitative estimate of drug-likeness (QED) is 0.387. The van der Waals surface area contributed by atoms with Crippen molar-refractivity contribution in [1.29, 1.82) is 0 Å². The molecule has 13 heteroatoms. The van der Waals surface area contributed by atoms with Crippen LogP contribution in [0.1, 0.15) is 74.3 Å². The fourth-order valence-electron chi connectivity index (χ4n) is 7.25. The first-order valence-electron chi connectivity index (χ1n) is 15.1. The van der Waals surface area contributed by atoms with E-state index in [0.717, 1.165) is 5.56 Å². The third-order valence-corrected chi connectivity index (χ3v) is 11.0. The zero-order chi connectivity index (χ0) is 32.3. The summed E-state index contributed by atoms with van der Waals surface area (Å²) in [6.07, 6.45) is -4.40. The number of ether oxygens (including phenoxy) is 1. The van der Waals surface area contributed by atoms with E-state index in [4.69, 9.17) is 27.9 Å². The van der Waals surface area contributed by atoms with E-state index in [2.05, 4.69) is 4.74 Å². The van der Waals surface area contributed by atoms with E-state index in [0.29, 0.717) is 23.0 Å². The number of hydrogen-bond acceptors (Lipinski definition) is 7. The summed E-state index contributed by atoms with van der Waals surface area (Å²) in [5.41, 5.74) is -2.63. The summed E-state index contributed by atoms with van der Waals surface area (Å²) >= 11 is 0. The lowest BCUT2D eigenvalue weighted by molar-refractivity contribution is -0.274. The molecule has 4 atom stereocenters. The van der Waals surface area contributed by atoms with Gasteiger partial charge in [-0.15, -0.1) is 13.2 Å². The molecule has 4 heterocycles. The molecule has 2 aromatic rings. The second-order valence-electron chi connectivity index (χ2n) is 14.7. The van der Waals surface area contributed by atoms with Gasteiger partial charge in [-0.2, -0.15) is 0 Å². The molecule has 0 amide bonds. The van der Waals surface area contributed by atoms with Gasteiger partial charge in [-0.25, -0.2) is 0 Å². The van der Waals surface area contributed by atoms with Crippen LogP contribution in [0.3, 0.4) is 0 Å². The molecule has 236 valence electrons. The molecule has 4 unspecified atom stereocenters. The second kappa shape index (κ2) is 9.75. The summed E-state index contributed by atoms with van der Waals surface area (Å²) in [6.45, 7) is 19.8. The minimum absolute atomic E-state index is 0.311. The van der Waals surface area contributed by atoms with Crippen LogP contribution in [0.25, 0.3) is 11.1 Å². The Hall–Kier alpha value is -2.02. The molecule has 2 aromatic carbocycles. The number of aryl methyl sites for hydroxylation is 1. The lowest BCUT2D eigenvalue weighted by atomic mass is 9.48. The van der Waals surface area contributed by atoms with E-state index in [1.54, 1.807) is 24.3 Å². The van der Waals surface area contributed by atoms with E-state index >= 15 is 0 Å². The molecule has 0 spiro atoms. The highest BCUT2D eigenvalue weighted by atomic mass is 19.4. The molecule has 4 aliphatic heterocycles. The molecule has 4 saturated heterocycles. The van der Waals surface area contributed by atoms with Gasteiger partial charge in [0.15, 0.2) is 0 Å². The molecule has 0 radical (unpaired) electrons. The van der Waals surface area contributed by atoms with Crippen molar-refractivity contribution in [3.05, 3.63) is 48.0 Å². The highest BCUT2D eigenvalue weighted by Crippen LogP contribution is 2.59. The lowest BCUT2D eigenvalue weighted by Gasteiger charge is -2.55. The van der Waals surface area contributed by atoms with E-state index in [1.165, 1.54) is 6.07 Å². The molecule has 6 rings (SSSR count). The number of halogens is 3. The first-order valence-corrected chi connectivity index (χ1v) is 15.1. The monoisotopic (exact) mass is 614 g/mol. The molecule has 4 aliphatic rings. The molecular formula is C31H40B3F3O7. The summed E-state index contributed by atoms with van der Waals surface area (Å²) in [6, 6.07) is 11.9. The van der Waals surface area contributed by atoms with E-state index in [9.17, 15) is 13.2 Å². The summed E-state index contributed by atoms with van der Waals surface area (Å²) in [5, 5.41) is 0. The molecule has 7 nitrogen and oxygen atoms in total. The molecular weight excluding hydrogens is 574 g/mol. The fourth-order valence-corrected chi connectivity index (χ4v) is 7.25. The van der Waals surface area contributed by atoms with Crippen molar-refractivity contribution in [2.75, 3.05) is 0 Å². The molecule has 0 aromatic heterocycles. The van der Waals surface area contributed by atoms with Crippen molar-refractivity contribution in [1.82, 2.24) is 0 Å². The van der Waals surface area contributed by atoms with Crippen LogP contribution in [0.15, 0.2) is 42.5 Å². The van der Waals surface area contributed by atoms with Crippen molar-refractivity contribution in [3.8, 4) is 16.9 Å². The van der Waals surface area contributed by atoms with E-state index in [1.807, 2.05) is 81.4 Å². The predicted octanol–water partition coefficient (Wildman–Crippen LogP) is 6.08. The van der Waals surface area contributed by atoms with Crippen molar-refractivity contribution in [2.45, 2.75) is 116 Å². The Labute approximate surface area is 258 Å². The van der Waals surface area contributed by atoms with Gasteiger partial charge in [0.25, 0.3) is 0 Å². The average Bonchev–Trinajstić information content (AvgIpc) is 3.40. The Morgan fingerprint density at radius 1 is 0.705 bits per heavy atom. The Kier molecular flexibility index (Phi) is 7.08. The Morgan fingerprint density at radius 3 is 1.91 bits per heavy atom. The van der Waals surface area contributed by atoms with Gasteiger partial charge in [-0.3, -0.25) is 0 Å². The minimum atomic E-state index is -4.89. The SMILES string of the molecule is Cc1ccc(-c2ccc(B3OC(C)(C)C(C)(C4CC5(C)OB(OC5(C)C)B5OC(C)(C)C4(C)O5)O3)cc2OC(F)(F)F)cc1. The largest absolute Gasteiger partial charge is 0.573 e. The van der Waals surface area contributed by atoms with Crippen LogP contribution in [-0.4, -0.2) is 61.1 Å². The van der Waals surface area contributed by atoms with E-state index < -0.39 is 61.1 Å². The van der Waals surface area contributed by atoms with E-state index in [-0.39, 0.29) is 11.7 Å². The maximum Gasteiger partial charge on any atom is 0.573 e. The third kappa shape index (κ3) is 4.85. The summed E-state index contributed by atoms with van der Waals surface area (Å²) < 4.78 is 84.8. The lowest BCUT2D eigenvalue weighted by Crippen LogP contribution is -2.66. The Balaban J connectivity index is 1.41. The van der Waals surface area contributed by atoms with Gasteiger partial charge in [-0.1, -0.05) is 42.0 Å². The second-order valence-corrected chi connectivity index (χ2v) is 14.7. The normalized spacial score (nSPS) is 33.8. The predicted molar refractivity (Wildman–Crippen MR) is 162 cm³/mol. The maximum atomic E-state index is 13.6. The molecule has 4 bridgehead atoms. The number of alkyl halides is 3. The van der Waals surface area contributed by atoms with Crippen molar-refractivity contribution < 1.29 is 45.8 Å². The molecule has 0 aliphatic carbocycles. The first-order chi connectivity index (χ1) is 20.1. The number of fused-ring (bicyclic) bond motifs is 5. The third-order valence-electron chi connectivity index (χ3n) is 11.0. The van der Waals surface area contributed by atoms with Crippen LogP contribution < -0.4 is 10.2 Å². The van der Waals surface area contributed by atoms with Crippen LogP contribution in [0.5, 0.6) is 5.75 Å². The first kappa shape index (κ1) is 31.9. The van der Waals surface area contributed by atoms with Crippen LogP contribution in [-0.2, 0) is 27.9 Å². The molecule has 44 heavy (non-hydrogen) atoms. The Bertz CT molecular complexity index is 1450. The molecule has 0 N–H and O–H groups in total. The highest BCUT2D eigenvalue weighted by molar-refractivity contribution is 7.11. The highest BCUT2D eigenvalue weighted by Gasteiger charge is 2.75. The zero-order valence-electron chi connectivity index (χ0n) is 27.0. The Morgan fingerprint density at radius 2 is 1.27 bits per heavy atom. The van der Waals surface area contributed by atoms with Crippen molar-refractivity contribution in [2.24, 2.45) is 5.92 Å². The topological polar surface area (TPSA) is 64.6 Å². The average molecular weight is 614 g/mol. The van der Waals surface area contributed by atoms with Gasteiger partial charge >= 0.3 is 27.5 Å². The van der Waals surface area contributed by atoms with Gasteiger partial charge < -0.3 is 32.7 Å². The van der Waals surface area contributed by atoms with Gasteiger partial charge in [-0.05, 0) is 92.8 Å². The van der Waals surface area contributed by atoms with Crippen LogP contribution in [0.4, 0.5) is 13.2 Å². The molecule has 4 fully saturated rings. The van der Waals surface area contributed by atoms with Gasteiger partial charge in [0, 0.05) is 11.5 Å². The summed E-state index contributed by atoms with van der Waals surface area (Å²) in [4.78, 5) is 0.